The van der Waals surface area contributed by atoms with Crippen molar-refractivity contribution in [3.8, 4) is 6.07 Å². The lowest BCUT2D eigenvalue weighted by molar-refractivity contribution is -0.112. The van der Waals surface area contributed by atoms with Gasteiger partial charge in [-0.15, -0.1) is 10.2 Å². The first-order chi connectivity index (χ1) is 11.7. The Balaban J connectivity index is 1.84. The molecule has 0 aliphatic carbocycles. The molecular weight excluding hydrogens is 320 g/mol. The lowest BCUT2D eigenvalue weighted by Crippen LogP contribution is -2.13. The summed E-state index contributed by atoms with van der Waals surface area (Å²) < 4.78 is 0. The number of hydrogen-bond acceptors (Lipinski definition) is 5. The largest absolute Gasteiger partial charge is 0.296 e. The van der Waals surface area contributed by atoms with Gasteiger partial charge in [0.15, 0.2) is 0 Å². The number of nitrogens with one attached hydrogen (secondary N) is 1. The monoisotopic (exact) mass is 334 g/mol. The van der Waals surface area contributed by atoms with E-state index in [1.54, 1.807) is 6.08 Å². The van der Waals surface area contributed by atoms with Crippen LogP contribution in [0.1, 0.15) is 17.5 Å². The van der Waals surface area contributed by atoms with Crippen molar-refractivity contribution in [1.82, 2.24) is 10.2 Å². The van der Waals surface area contributed by atoms with E-state index in [4.69, 9.17) is 0 Å². The molecule has 0 saturated heterocycles. The molecule has 2 aromatic carbocycles. The number of amides is 1. The Morgan fingerprint density at radius 1 is 1.25 bits per heavy atom. The Morgan fingerprint density at radius 2 is 2.04 bits per heavy atom. The quantitative estimate of drug-likeness (QED) is 0.581. The minimum absolute atomic E-state index is 0.0264. The van der Waals surface area contributed by atoms with Crippen LogP contribution in [0.2, 0.25) is 0 Å². The molecule has 6 heteroatoms. The molecule has 0 fully saturated rings. The summed E-state index contributed by atoms with van der Waals surface area (Å²) in [7, 11) is 0. The smallest absolute Gasteiger partial charge is 0.268 e. The van der Waals surface area contributed by atoms with Crippen molar-refractivity contribution in [3.63, 3.8) is 0 Å². The first-order valence-electron chi connectivity index (χ1n) is 7.44. The van der Waals surface area contributed by atoms with E-state index in [1.807, 2.05) is 55.5 Å². The summed E-state index contributed by atoms with van der Waals surface area (Å²) in [5.74, 6) is -0.482. The van der Waals surface area contributed by atoms with E-state index in [-0.39, 0.29) is 5.57 Å². The molecule has 0 aliphatic rings. The number of anilines is 1. The van der Waals surface area contributed by atoms with E-state index in [0.29, 0.717) is 5.13 Å². The Bertz CT molecular complexity index is 968. The van der Waals surface area contributed by atoms with Crippen LogP contribution in [-0.4, -0.2) is 16.1 Å². The number of hydrogen-bond donors (Lipinski definition) is 1. The Hall–Kier alpha value is -3.04. The molecule has 1 heterocycles. The summed E-state index contributed by atoms with van der Waals surface area (Å²) in [5, 5.41) is 23.1. The average Bonchev–Trinajstić information content (AvgIpc) is 3.07. The van der Waals surface area contributed by atoms with Gasteiger partial charge in [0, 0.05) is 0 Å². The minimum atomic E-state index is -0.482. The minimum Gasteiger partial charge on any atom is -0.296 e. The number of rotatable bonds is 4. The van der Waals surface area contributed by atoms with Crippen LogP contribution in [0.4, 0.5) is 5.13 Å². The van der Waals surface area contributed by atoms with Gasteiger partial charge in [0.2, 0.25) is 5.13 Å². The number of aromatic nitrogens is 2. The second-order valence-electron chi connectivity index (χ2n) is 5.09. The highest BCUT2D eigenvalue weighted by Crippen LogP contribution is 2.19. The van der Waals surface area contributed by atoms with Gasteiger partial charge in [-0.2, -0.15) is 5.26 Å². The van der Waals surface area contributed by atoms with Gasteiger partial charge in [0.1, 0.15) is 16.6 Å². The molecule has 0 unspecified atom stereocenters. The topological polar surface area (TPSA) is 78.7 Å². The van der Waals surface area contributed by atoms with Gasteiger partial charge in [-0.3, -0.25) is 10.1 Å². The fourth-order valence-electron chi connectivity index (χ4n) is 2.22. The Labute approximate surface area is 143 Å². The number of nitriles is 1. The van der Waals surface area contributed by atoms with Crippen molar-refractivity contribution in [1.29, 1.82) is 5.26 Å². The molecule has 3 rings (SSSR count). The van der Waals surface area contributed by atoms with Gasteiger partial charge in [0.05, 0.1) is 0 Å². The fraction of sp³-hybridized carbons (Fsp3) is 0.111. The zero-order chi connectivity index (χ0) is 16.9. The second-order valence-corrected chi connectivity index (χ2v) is 6.15. The van der Waals surface area contributed by atoms with Gasteiger partial charge in [0.25, 0.3) is 5.91 Å². The molecule has 0 spiro atoms. The van der Waals surface area contributed by atoms with Gasteiger partial charge in [-0.05, 0) is 34.9 Å². The summed E-state index contributed by atoms with van der Waals surface area (Å²) in [5.41, 5.74) is 0.824. The van der Waals surface area contributed by atoms with Gasteiger partial charge >= 0.3 is 0 Å². The van der Waals surface area contributed by atoms with E-state index in [1.165, 1.54) is 11.3 Å². The highest BCUT2D eigenvalue weighted by Gasteiger charge is 2.12. The van der Waals surface area contributed by atoms with E-state index in [0.717, 1.165) is 27.8 Å². The molecule has 0 aliphatic heterocycles. The van der Waals surface area contributed by atoms with E-state index < -0.39 is 5.91 Å². The number of carbonyl (C=O) groups excluding carboxylic acids is 1. The van der Waals surface area contributed by atoms with Crippen LogP contribution in [0.5, 0.6) is 0 Å². The third-order valence-electron chi connectivity index (χ3n) is 3.44. The third-order valence-corrected chi connectivity index (χ3v) is 4.42. The van der Waals surface area contributed by atoms with Gasteiger partial charge < -0.3 is 0 Å². The van der Waals surface area contributed by atoms with Crippen LogP contribution in [0.3, 0.4) is 0 Å². The first kappa shape index (κ1) is 15.8. The van der Waals surface area contributed by atoms with Crippen LogP contribution in [-0.2, 0) is 11.2 Å². The second kappa shape index (κ2) is 7.02. The average molecular weight is 334 g/mol. The summed E-state index contributed by atoms with van der Waals surface area (Å²) in [6.45, 7) is 1.96. The maximum atomic E-state index is 12.2. The third kappa shape index (κ3) is 3.47. The van der Waals surface area contributed by atoms with E-state index >= 15 is 0 Å². The number of aryl methyl sites for hydroxylation is 1. The van der Waals surface area contributed by atoms with Crippen LogP contribution in [0.15, 0.2) is 48.0 Å². The zero-order valence-corrected chi connectivity index (χ0v) is 13.8. The molecule has 0 bridgehead atoms. The normalized spacial score (nSPS) is 11.2. The van der Waals surface area contributed by atoms with E-state index in [9.17, 15) is 10.1 Å². The summed E-state index contributed by atoms with van der Waals surface area (Å²) in [6, 6.07) is 15.7. The summed E-state index contributed by atoms with van der Waals surface area (Å²) in [6.07, 6.45) is 2.33. The molecular formula is C18H14N4OS. The van der Waals surface area contributed by atoms with Crippen LogP contribution in [0, 0.1) is 11.3 Å². The van der Waals surface area contributed by atoms with Gasteiger partial charge in [-0.1, -0.05) is 54.7 Å². The molecule has 0 radical (unpaired) electrons. The molecule has 1 amide bonds. The first-order valence-corrected chi connectivity index (χ1v) is 8.25. The standard InChI is InChI=1S/C18H14N4OS/c1-2-16-21-22-18(24-16)20-17(23)15(11-19)10-12-7-8-13-5-3-4-6-14(13)9-12/h3-10H,2H2,1H3,(H,20,22,23). The molecule has 5 nitrogen and oxygen atoms in total. The van der Waals surface area contributed by atoms with Crippen molar-refractivity contribution in [2.45, 2.75) is 13.3 Å². The number of carbonyl (C=O) groups is 1. The van der Waals surface area contributed by atoms with Crippen molar-refractivity contribution in [2.24, 2.45) is 0 Å². The van der Waals surface area contributed by atoms with Crippen molar-refractivity contribution in [3.05, 3.63) is 58.6 Å². The van der Waals surface area contributed by atoms with E-state index in [2.05, 4.69) is 15.5 Å². The van der Waals surface area contributed by atoms with Crippen LogP contribution in [0.25, 0.3) is 16.8 Å². The van der Waals surface area contributed by atoms with Crippen molar-refractivity contribution < 1.29 is 4.79 Å². The Morgan fingerprint density at radius 3 is 2.75 bits per heavy atom. The number of fused-ring (bicyclic) bond motifs is 1. The van der Waals surface area contributed by atoms with Gasteiger partial charge in [-0.25, -0.2) is 0 Å². The SMILES string of the molecule is CCc1nnc(NC(=O)C(C#N)=Cc2ccc3ccccc3c2)s1. The maximum absolute atomic E-state index is 12.2. The molecule has 1 N–H and O–H groups in total. The summed E-state index contributed by atoms with van der Waals surface area (Å²) in [4.78, 5) is 12.2. The molecule has 118 valence electrons. The van der Waals surface area contributed by atoms with Crippen molar-refractivity contribution in [2.75, 3.05) is 5.32 Å². The van der Waals surface area contributed by atoms with Crippen LogP contribution >= 0.6 is 11.3 Å². The highest BCUT2D eigenvalue weighted by atomic mass is 32.1. The summed E-state index contributed by atoms with van der Waals surface area (Å²) >= 11 is 1.31. The molecule has 0 saturated carbocycles. The number of nitrogens with zero attached hydrogens (tertiary/aromatic N) is 3. The highest BCUT2D eigenvalue weighted by molar-refractivity contribution is 7.15. The molecule has 24 heavy (non-hydrogen) atoms. The molecule has 3 aromatic rings. The van der Waals surface area contributed by atoms with Crippen LogP contribution < -0.4 is 5.32 Å². The lowest BCUT2D eigenvalue weighted by atomic mass is 10.1. The molecule has 1 aromatic heterocycles. The Kier molecular flexibility index (Phi) is 4.64. The zero-order valence-electron chi connectivity index (χ0n) is 13.0. The molecule has 0 atom stereocenters. The fourth-order valence-corrected chi connectivity index (χ4v) is 2.90. The predicted molar refractivity (Wildman–Crippen MR) is 95.5 cm³/mol. The maximum Gasteiger partial charge on any atom is 0.268 e. The predicted octanol–water partition coefficient (Wildman–Crippen LogP) is 3.80. The van der Waals surface area contributed by atoms with Crippen molar-refractivity contribution >= 4 is 39.2 Å². The lowest BCUT2D eigenvalue weighted by Gasteiger charge is -2.02. The number of benzene rings is 2.